The Balaban J connectivity index is 1.16. The van der Waals surface area contributed by atoms with Gasteiger partial charge in [-0.05, 0) is 101 Å². The monoisotopic (exact) mass is 801 g/mol. The van der Waals surface area contributed by atoms with Gasteiger partial charge in [0.05, 0.1) is 28.7 Å². The van der Waals surface area contributed by atoms with Gasteiger partial charge in [0.1, 0.15) is 34.1 Å². The average molecular weight is 802 g/mol. The summed E-state index contributed by atoms with van der Waals surface area (Å²) in [5, 5.41) is 0.803. The molecular weight excluding hydrogens is 758 g/mol. The molecule has 2 aromatic carbocycles. The molecule has 3 aliphatic rings. The summed E-state index contributed by atoms with van der Waals surface area (Å²) >= 11 is 0.942. The van der Waals surface area contributed by atoms with Gasteiger partial charge < -0.3 is 19.3 Å². The maximum Gasteiger partial charge on any atom is 0.462 e. The van der Waals surface area contributed by atoms with Gasteiger partial charge in [-0.1, -0.05) is 23.6 Å². The number of fused-ring (bicyclic) bond motifs is 4. The van der Waals surface area contributed by atoms with Gasteiger partial charge in [0, 0.05) is 36.3 Å². The smallest absolute Gasteiger partial charge is 0.461 e. The highest BCUT2D eigenvalue weighted by atomic mass is 32.1. The lowest BCUT2D eigenvalue weighted by atomic mass is 9.99. The number of likely N-dealkylation sites (N-methyl/N-ethyl adjacent to an activating group) is 1. The lowest BCUT2D eigenvalue weighted by Crippen LogP contribution is -2.56. The number of carbonyl (C=O) groups is 2. The number of hydrogen-bond acceptors (Lipinski definition) is 10. The molecule has 57 heavy (non-hydrogen) atoms. The molecule has 5 aromatic rings. The van der Waals surface area contributed by atoms with E-state index < -0.39 is 35.1 Å². The van der Waals surface area contributed by atoms with E-state index in [-0.39, 0.29) is 46.0 Å². The van der Waals surface area contributed by atoms with E-state index in [9.17, 15) is 9.59 Å². The number of pyridine rings is 1. The van der Waals surface area contributed by atoms with Gasteiger partial charge in [-0.15, -0.1) is 0 Å². The number of aromatic nitrogens is 4. The number of likely N-dealkylation sites (tertiary alicyclic amines) is 1. The fourth-order valence-electron chi connectivity index (χ4n) is 8.10. The Labute approximate surface area is 332 Å². The summed E-state index contributed by atoms with van der Waals surface area (Å²) in [6.07, 6.45) is 6.76. The molecule has 2 unspecified atom stereocenters. The van der Waals surface area contributed by atoms with E-state index in [1.54, 1.807) is 56.0 Å². The molecule has 0 saturated carbocycles. The van der Waals surface area contributed by atoms with Crippen molar-refractivity contribution in [2.45, 2.75) is 76.6 Å². The molecule has 16 heteroatoms. The number of amides is 2. The zero-order chi connectivity index (χ0) is 40.2. The minimum absolute atomic E-state index is 0.00413. The molecule has 2 amide bonds. The van der Waals surface area contributed by atoms with Gasteiger partial charge in [0.2, 0.25) is 6.20 Å². The maximum atomic E-state index is 17.1. The van der Waals surface area contributed by atoms with Crippen LogP contribution < -0.4 is 19.1 Å². The van der Waals surface area contributed by atoms with Crippen molar-refractivity contribution in [3.63, 3.8) is 0 Å². The lowest BCUT2D eigenvalue weighted by Gasteiger charge is -2.41. The third-order valence-electron chi connectivity index (χ3n) is 11.1. The van der Waals surface area contributed by atoms with Crippen LogP contribution in [0.3, 0.4) is 0 Å². The van der Waals surface area contributed by atoms with Crippen molar-refractivity contribution >= 4 is 56.4 Å². The average Bonchev–Trinajstić information content (AvgIpc) is 3.82. The zero-order valence-electron chi connectivity index (χ0n) is 32.4. The van der Waals surface area contributed by atoms with Gasteiger partial charge in [0.25, 0.3) is 5.91 Å². The normalized spacial score (nSPS) is 21.4. The molecule has 1 N–H and O–H groups in total. The predicted molar refractivity (Wildman–Crippen MR) is 211 cm³/mol. The zero-order valence-corrected chi connectivity index (χ0v) is 33.2. The van der Waals surface area contributed by atoms with E-state index in [0.29, 0.717) is 53.8 Å². The van der Waals surface area contributed by atoms with Crippen molar-refractivity contribution in [2.75, 3.05) is 43.6 Å². The van der Waals surface area contributed by atoms with Crippen LogP contribution in [0.1, 0.15) is 59.1 Å². The summed E-state index contributed by atoms with van der Waals surface area (Å²) in [5.41, 5.74) is 2.49. The van der Waals surface area contributed by atoms with Gasteiger partial charge in [-0.25, -0.2) is 18.0 Å². The highest BCUT2D eigenvalue weighted by Gasteiger charge is 2.44. The van der Waals surface area contributed by atoms with Gasteiger partial charge in [0.15, 0.2) is 23.2 Å². The largest absolute Gasteiger partial charge is 0.462 e. The molecule has 2 bridgehead atoms. The molecule has 3 aromatic heterocycles. The number of ether oxygens (including phenoxy) is 2. The summed E-state index contributed by atoms with van der Waals surface area (Å²) in [7, 11) is 2.04. The Hall–Kier alpha value is -5.35. The second kappa shape index (κ2) is 14.9. The van der Waals surface area contributed by atoms with Crippen molar-refractivity contribution in [3.8, 4) is 17.1 Å². The Morgan fingerprint density at radius 2 is 1.81 bits per heavy atom. The summed E-state index contributed by atoms with van der Waals surface area (Å²) < 4.78 is 60.9. The second-order valence-corrected chi connectivity index (χ2v) is 17.2. The number of halogens is 3. The van der Waals surface area contributed by atoms with Crippen molar-refractivity contribution in [2.24, 2.45) is 0 Å². The summed E-state index contributed by atoms with van der Waals surface area (Å²) in [5.74, 6) is -2.31. The number of nitrogens with zero attached hydrogens (tertiary/aromatic N) is 7. The fraction of sp³-hybridized carbons (Fsp3) is 0.415. The first-order chi connectivity index (χ1) is 27.2. The van der Waals surface area contributed by atoms with Crippen LogP contribution in [0.25, 0.3) is 38.2 Å². The van der Waals surface area contributed by atoms with Crippen molar-refractivity contribution in [3.05, 3.63) is 78.0 Å². The van der Waals surface area contributed by atoms with Gasteiger partial charge in [-0.3, -0.25) is 14.7 Å². The number of piperazine rings is 1. The molecule has 3 aliphatic heterocycles. The van der Waals surface area contributed by atoms with Crippen molar-refractivity contribution in [1.29, 1.82) is 0 Å². The first-order valence-electron chi connectivity index (χ1n) is 19.0. The summed E-state index contributed by atoms with van der Waals surface area (Å²) in [4.78, 5) is 45.5. The number of rotatable bonds is 8. The van der Waals surface area contributed by atoms with Crippen LogP contribution in [0, 0.1) is 11.6 Å². The second-order valence-electron chi connectivity index (χ2n) is 16.2. The molecule has 0 radical (unpaired) electrons. The van der Waals surface area contributed by atoms with Crippen LogP contribution in [-0.2, 0) is 9.53 Å². The maximum absolute atomic E-state index is 17.1. The van der Waals surface area contributed by atoms with E-state index in [1.807, 2.05) is 11.9 Å². The van der Waals surface area contributed by atoms with E-state index in [2.05, 4.69) is 27.2 Å². The van der Waals surface area contributed by atoms with Gasteiger partial charge >= 0.3 is 12.1 Å². The van der Waals surface area contributed by atoms with Crippen molar-refractivity contribution < 1.29 is 36.3 Å². The molecule has 3 fully saturated rings. The Kier molecular flexibility index (Phi) is 10.0. The molecule has 0 spiro atoms. The number of anilines is 1. The Morgan fingerprint density at radius 3 is 2.49 bits per heavy atom. The third kappa shape index (κ3) is 7.59. The number of carbonyl (C=O) groups excluding carboxylic acids is 2. The van der Waals surface area contributed by atoms with E-state index in [1.165, 1.54) is 28.6 Å². The van der Waals surface area contributed by atoms with E-state index in [0.717, 1.165) is 37.0 Å². The Bertz CT molecular complexity index is 2390. The Morgan fingerprint density at radius 1 is 1.05 bits per heavy atom. The van der Waals surface area contributed by atoms with Crippen LogP contribution in [-0.4, -0.2) is 93.3 Å². The molecular formula is C41H44F3N8O4S+. The third-order valence-corrected chi connectivity index (χ3v) is 12.1. The molecule has 6 heterocycles. The van der Waals surface area contributed by atoms with E-state index in [4.69, 9.17) is 14.5 Å². The van der Waals surface area contributed by atoms with Crippen molar-refractivity contribution in [1.82, 2.24) is 24.8 Å². The molecule has 3 atom stereocenters. The van der Waals surface area contributed by atoms with Crippen LogP contribution in [0.15, 0.2) is 60.7 Å². The highest BCUT2D eigenvalue weighted by molar-refractivity contribution is 7.09. The van der Waals surface area contributed by atoms with Crippen LogP contribution >= 0.6 is 11.5 Å². The molecule has 8 rings (SSSR count). The lowest BCUT2D eigenvalue weighted by molar-refractivity contribution is -0.569. The van der Waals surface area contributed by atoms with Gasteiger partial charge in [-0.2, -0.15) is 9.97 Å². The quantitative estimate of drug-likeness (QED) is 0.131. The first kappa shape index (κ1) is 38.5. The predicted octanol–water partition coefficient (Wildman–Crippen LogP) is 7.00. The minimum Gasteiger partial charge on any atom is -0.461 e. The SMILES string of the molecule is CN1CCC[C@@]1(C)COc1nc(N2CC3CCC(C2)N3C(=O)/C(F)=C/c2ccccn2)c2ccc(-c3ccc(F)c4s[n+](NC(=O)OC(C)(C)C)cc34)c(F)c2n1. The standard InChI is InChI=1S/C41H43F3N8O4S/c1-40(2,3)56-39(54)48-51-22-30-27(14-15-31(42)35(30)57-51)28-12-13-29-34(33(28)44)46-38(55-23-41(4)16-8-18-49(41)5)47-36(29)50-20-25-10-11-26(21-50)52(25)37(53)32(43)19-24-9-6-7-17-45-24/h6-7,9,12-15,17,19,22,25-26H,8,10-11,16,18,20-21,23H2,1-5H3/p+1/b32-19-/t25?,26?,41-/m0/s1. The van der Waals surface area contributed by atoms with Crippen LogP contribution in [0.5, 0.6) is 6.01 Å². The number of benzene rings is 2. The number of nitrogens with one attached hydrogen (secondary N) is 1. The summed E-state index contributed by atoms with van der Waals surface area (Å²) in [6.45, 7) is 9.20. The minimum atomic E-state index is -0.881. The molecule has 12 nitrogen and oxygen atoms in total. The molecule has 298 valence electrons. The fourth-order valence-corrected chi connectivity index (χ4v) is 8.99. The highest BCUT2D eigenvalue weighted by Crippen LogP contribution is 2.40. The number of hydrogen-bond donors (Lipinski definition) is 1. The summed E-state index contributed by atoms with van der Waals surface area (Å²) in [6, 6.07) is 10.6. The topological polar surface area (TPSA) is 117 Å². The van der Waals surface area contributed by atoms with Crippen LogP contribution in [0.4, 0.5) is 23.8 Å². The van der Waals surface area contributed by atoms with E-state index >= 15 is 13.2 Å². The van der Waals surface area contributed by atoms with Crippen LogP contribution in [0.2, 0.25) is 0 Å². The molecule has 0 aliphatic carbocycles. The molecule has 3 saturated heterocycles. The first-order valence-corrected chi connectivity index (χ1v) is 19.8.